The van der Waals surface area contributed by atoms with Gasteiger partial charge in [0.1, 0.15) is 0 Å². The van der Waals surface area contributed by atoms with Crippen LogP contribution in [0.2, 0.25) is 0 Å². The Bertz CT molecular complexity index is 652. The molecule has 0 spiro atoms. The van der Waals surface area contributed by atoms with Crippen molar-refractivity contribution in [2.75, 3.05) is 13.2 Å². The van der Waals surface area contributed by atoms with E-state index in [1.54, 1.807) is 0 Å². The number of hydrogen-bond acceptors (Lipinski definition) is 4. The molecule has 0 amide bonds. The highest BCUT2D eigenvalue weighted by atomic mass is 16.7. The molecular formula is C24H38O4. The van der Waals surface area contributed by atoms with E-state index in [0.29, 0.717) is 43.4 Å². The molecule has 0 aromatic heterocycles. The summed E-state index contributed by atoms with van der Waals surface area (Å²) in [5, 5.41) is 0. The molecule has 3 aliphatic carbocycles. The predicted octanol–water partition coefficient (Wildman–Crippen LogP) is 5.20. The van der Waals surface area contributed by atoms with E-state index in [1.165, 1.54) is 12.0 Å². The zero-order chi connectivity index (χ0) is 20.2. The van der Waals surface area contributed by atoms with Crippen LogP contribution in [0, 0.1) is 17.3 Å². The lowest BCUT2D eigenvalue weighted by Gasteiger charge is -2.49. The number of hydrogen-bond donors (Lipinski definition) is 0. The summed E-state index contributed by atoms with van der Waals surface area (Å²) in [6.45, 7) is 12.3. The molecule has 2 saturated carbocycles. The maximum absolute atomic E-state index is 12.8. The van der Waals surface area contributed by atoms with E-state index in [-0.39, 0.29) is 11.0 Å². The molecule has 158 valence electrons. The summed E-state index contributed by atoms with van der Waals surface area (Å²) < 4.78 is 18.1. The maximum Gasteiger partial charge on any atom is 0.166 e. The van der Waals surface area contributed by atoms with Gasteiger partial charge in [-0.1, -0.05) is 12.5 Å². The molecule has 0 aromatic carbocycles. The van der Waals surface area contributed by atoms with Crippen LogP contribution in [0.25, 0.3) is 0 Å². The SMILES string of the molecule is CC(C)(C)O[C@H]1CC[C@H]2[C@@H]3CCC(=O)C(CCC4(C)OCCO4)=C3CC[C@]12C. The first kappa shape index (κ1) is 20.6. The fraction of sp³-hybridized carbons (Fsp3) is 0.875. The van der Waals surface area contributed by atoms with Crippen molar-refractivity contribution in [1.82, 2.24) is 0 Å². The monoisotopic (exact) mass is 390 g/mol. The van der Waals surface area contributed by atoms with Gasteiger partial charge in [0.2, 0.25) is 0 Å². The zero-order valence-corrected chi connectivity index (χ0v) is 18.4. The minimum absolute atomic E-state index is 0.0941. The van der Waals surface area contributed by atoms with Crippen LogP contribution in [-0.4, -0.2) is 36.5 Å². The molecule has 0 unspecified atom stereocenters. The fourth-order valence-corrected chi connectivity index (χ4v) is 6.41. The van der Waals surface area contributed by atoms with Crippen LogP contribution < -0.4 is 0 Å². The van der Waals surface area contributed by atoms with Crippen molar-refractivity contribution in [1.29, 1.82) is 0 Å². The first-order chi connectivity index (χ1) is 13.1. The van der Waals surface area contributed by atoms with E-state index in [2.05, 4.69) is 27.7 Å². The Morgan fingerprint density at radius 2 is 1.79 bits per heavy atom. The molecule has 0 radical (unpaired) electrons. The summed E-state index contributed by atoms with van der Waals surface area (Å²) in [7, 11) is 0. The largest absolute Gasteiger partial charge is 0.372 e. The summed E-state index contributed by atoms with van der Waals surface area (Å²) in [4.78, 5) is 12.8. The van der Waals surface area contributed by atoms with Crippen molar-refractivity contribution in [3.05, 3.63) is 11.1 Å². The molecule has 28 heavy (non-hydrogen) atoms. The minimum Gasteiger partial charge on any atom is -0.372 e. The zero-order valence-electron chi connectivity index (χ0n) is 18.4. The Morgan fingerprint density at radius 3 is 2.46 bits per heavy atom. The third-order valence-electron chi connectivity index (χ3n) is 7.82. The normalized spacial score (nSPS) is 37.9. The van der Waals surface area contributed by atoms with E-state index in [1.807, 2.05) is 6.92 Å². The third kappa shape index (κ3) is 3.73. The molecule has 1 heterocycles. The third-order valence-corrected chi connectivity index (χ3v) is 7.82. The summed E-state index contributed by atoms with van der Waals surface area (Å²) in [6.07, 6.45) is 8.26. The number of ether oxygens (including phenoxy) is 3. The van der Waals surface area contributed by atoms with Gasteiger partial charge in [-0.15, -0.1) is 0 Å². The smallest absolute Gasteiger partial charge is 0.166 e. The number of carbonyl (C=O) groups is 1. The van der Waals surface area contributed by atoms with Crippen molar-refractivity contribution in [2.45, 2.75) is 103 Å². The molecule has 4 heteroatoms. The Balaban J connectivity index is 1.54. The Morgan fingerprint density at radius 1 is 1.07 bits per heavy atom. The van der Waals surface area contributed by atoms with Crippen molar-refractivity contribution < 1.29 is 19.0 Å². The van der Waals surface area contributed by atoms with Gasteiger partial charge in [-0.05, 0) is 89.0 Å². The standard InChI is InChI=1S/C24H38O4/c1-22(2,3)28-21-9-7-19-17-6-8-20(25)18(16(17)10-12-23(19,21)4)11-13-24(5)26-14-15-27-24/h17,19,21H,6-15H2,1-5H3/t17-,19+,21+,23+/m1/s1. The number of rotatable bonds is 4. The molecule has 4 aliphatic rings. The highest BCUT2D eigenvalue weighted by Gasteiger charge is 2.55. The van der Waals surface area contributed by atoms with E-state index < -0.39 is 5.79 Å². The van der Waals surface area contributed by atoms with Crippen molar-refractivity contribution in [3.63, 3.8) is 0 Å². The molecule has 0 bridgehead atoms. The van der Waals surface area contributed by atoms with Crippen LogP contribution in [0.5, 0.6) is 0 Å². The lowest BCUT2D eigenvalue weighted by molar-refractivity contribution is -0.146. The summed E-state index contributed by atoms with van der Waals surface area (Å²) >= 11 is 0. The predicted molar refractivity (Wildman–Crippen MR) is 109 cm³/mol. The number of ketones is 1. The second-order valence-corrected chi connectivity index (χ2v) is 10.8. The van der Waals surface area contributed by atoms with Gasteiger partial charge < -0.3 is 14.2 Å². The van der Waals surface area contributed by atoms with Gasteiger partial charge in [0.05, 0.1) is 24.9 Å². The Hall–Kier alpha value is -0.710. The van der Waals surface area contributed by atoms with Crippen molar-refractivity contribution in [3.8, 4) is 0 Å². The highest BCUT2D eigenvalue weighted by molar-refractivity contribution is 5.97. The van der Waals surface area contributed by atoms with Gasteiger partial charge in [0.15, 0.2) is 11.6 Å². The number of Topliss-reactive ketones (excluding diaryl/α,β-unsaturated/α-hetero) is 1. The molecule has 1 aliphatic heterocycles. The summed E-state index contributed by atoms with van der Waals surface area (Å²) in [6, 6.07) is 0. The topological polar surface area (TPSA) is 44.8 Å². The van der Waals surface area contributed by atoms with Crippen LogP contribution in [-0.2, 0) is 19.0 Å². The molecule has 4 nitrogen and oxygen atoms in total. The first-order valence-corrected chi connectivity index (χ1v) is 11.3. The average molecular weight is 391 g/mol. The molecule has 0 aromatic rings. The lowest BCUT2D eigenvalue weighted by Crippen LogP contribution is -2.45. The average Bonchev–Trinajstić information content (AvgIpc) is 3.17. The number of carbonyl (C=O) groups excluding carboxylic acids is 1. The van der Waals surface area contributed by atoms with Gasteiger partial charge in [0.25, 0.3) is 0 Å². The van der Waals surface area contributed by atoms with Gasteiger partial charge in [-0.3, -0.25) is 4.79 Å². The number of allylic oxidation sites excluding steroid dienone is 2. The molecule has 4 atom stereocenters. The highest BCUT2D eigenvalue weighted by Crippen LogP contribution is 2.60. The van der Waals surface area contributed by atoms with E-state index in [0.717, 1.165) is 44.1 Å². The van der Waals surface area contributed by atoms with E-state index in [9.17, 15) is 4.79 Å². The van der Waals surface area contributed by atoms with Crippen LogP contribution in [0.3, 0.4) is 0 Å². The van der Waals surface area contributed by atoms with Gasteiger partial charge in [0, 0.05) is 12.8 Å². The molecule has 3 fully saturated rings. The Kier molecular flexibility index (Phi) is 5.29. The van der Waals surface area contributed by atoms with E-state index >= 15 is 0 Å². The van der Waals surface area contributed by atoms with Gasteiger partial charge >= 0.3 is 0 Å². The quantitative estimate of drug-likeness (QED) is 0.662. The van der Waals surface area contributed by atoms with Gasteiger partial charge in [-0.2, -0.15) is 0 Å². The number of fused-ring (bicyclic) bond motifs is 3. The Labute approximate surface area is 170 Å². The van der Waals surface area contributed by atoms with Crippen molar-refractivity contribution in [2.24, 2.45) is 17.3 Å². The first-order valence-electron chi connectivity index (χ1n) is 11.3. The molecule has 0 N–H and O–H groups in total. The lowest BCUT2D eigenvalue weighted by atomic mass is 9.58. The minimum atomic E-state index is -0.511. The van der Waals surface area contributed by atoms with Crippen LogP contribution in [0.15, 0.2) is 11.1 Å². The second kappa shape index (κ2) is 7.21. The van der Waals surface area contributed by atoms with Gasteiger partial charge in [-0.25, -0.2) is 0 Å². The van der Waals surface area contributed by atoms with Crippen LogP contribution >= 0.6 is 0 Å². The van der Waals surface area contributed by atoms with E-state index in [4.69, 9.17) is 14.2 Å². The molecular weight excluding hydrogens is 352 g/mol. The summed E-state index contributed by atoms with van der Waals surface area (Å²) in [5.41, 5.74) is 2.73. The summed E-state index contributed by atoms with van der Waals surface area (Å²) in [5.74, 6) is 1.08. The molecule has 1 saturated heterocycles. The van der Waals surface area contributed by atoms with Crippen LogP contribution in [0.1, 0.15) is 86.0 Å². The maximum atomic E-state index is 12.8. The second-order valence-electron chi connectivity index (χ2n) is 10.8. The van der Waals surface area contributed by atoms with Crippen LogP contribution in [0.4, 0.5) is 0 Å². The van der Waals surface area contributed by atoms with Crippen molar-refractivity contribution >= 4 is 5.78 Å². The fourth-order valence-electron chi connectivity index (χ4n) is 6.41. The molecule has 4 rings (SSSR count).